The average Bonchev–Trinajstić information content (AvgIpc) is 2.28. The summed E-state index contributed by atoms with van der Waals surface area (Å²) in [6, 6.07) is 10.0. The van der Waals surface area contributed by atoms with Gasteiger partial charge in [-0.05, 0) is 16.8 Å². The number of rotatable bonds is 2. The predicted octanol–water partition coefficient (Wildman–Crippen LogP) is 1.66. The molecular formula is C12H10O4. The minimum atomic E-state index is -1.72. The molecule has 0 aromatic heterocycles. The molecule has 82 valence electrons. The van der Waals surface area contributed by atoms with Gasteiger partial charge in [-0.2, -0.15) is 0 Å². The molecule has 2 aromatic rings. The van der Waals surface area contributed by atoms with E-state index in [9.17, 15) is 15.0 Å². The molecule has 0 unspecified atom stereocenters. The molecule has 0 heterocycles. The summed E-state index contributed by atoms with van der Waals surface area (Å²) in [5.74, 6) is -1.60. The van der Waals surface area contributed by atoms with Gasteiger partial charge >= 0.3 is 5.97 Å². The van der Waals surface area contributed by atoms with Crippen molar-refractivity contribution in [3.8, 4) is 5.75 Å². The van der Waals surface area contributed by atoms with Gasteiger partial charge in [0, 0.05) is 5.56 Å². The van der Waals surface area contributed by atoms with E-state index in [1.54, 1.807) is 30.3 Å². The van der Waals surface area contributed by atoms with Gasteiger partial charge in [-0.1, -0.05) is 30.3 Å². The third-order valence-corrected chi connectivity index (χ3v) is 2.46. The van der Waals surface area contributed by atoms with E-state index in [-0.39, 0.29) is 11.3 Å². The second-order valence-electron chi connectivity index (χ2n) is 3.46. The highest BCUT2D eigenvalue weighted by atomic mass is 16.4. The number of carboxylic acids is 1. The second kappa shape index (κ2) is 3.83. The average molecular weight is 218 g/mol. The van der Waals surface area contributed by atoms with Crippen LogP contribution in [-0.2, 0) is 4.79 Å². The van der Waals surface area contributed by atoms with Crippen molar-refractivity contribution in [3.05, 3.63) is 42.0 Å². The molecule has 0 aliphatic heterocycles. The molecule has 1 atom stereocenters. The number of aromatic hydroxyl groups is 1. The number of benzene rings is 2. The largest absolute Gasteiger partial charge is 0.508 e. The van der Waals surface area contributed by atoms with Crippen LogP contribution in [0.15, 0.2) is 36.4 Å². The number of aliphatic hydroxyl groups excluding tert-OH is 1. The smallest absolute Gasteiger partial charge is 0.337 e. The molecule has 0 aliphatic rings. The summed E-state index contributed by atoms with van der Waals surface area (Å²) in [4.78, 5) is 10.7. The maximum Gasteiger partial charge on any atom is 0.337 e. The lowest BCUT2D eigenvalue weighted by Crippen LogP contribution is -2.11. The highest BCUT2D eigenvalue weighted by Gasteiger charge is 2.21. The number of aliphatic carboxylic acids is 1. The zero-order chi connectivity index (χ0) is 11.7. The van der Waals surface area contributed by atoms with Gasteiger partial charge in [0.2, 0.25) is 0 Å². The van der Waals surface area contributed by atoms with E-state index >= 15 is 0 Å². The Hall–Kier alpha value is -2.07. The van der Waals surface area contributed by atoms with E-state index in [4.69, 9.17) is 5.11 Å². The minimum absolute atomic E-state index is 0.0330. The third kappa shape index (κ3) is 1.59. The number of aliphatic hydroxyl groups is 1. The van der Waals surface area contributed by atoms with Crippen LogP contribution in [0.5, 0.6) is 5.75 Å². The van der Waals surface area contributed by atoms with E-state index < -0.39 is 12.1 Å². The molecule has 0 saturated carbocycles. The van der Waals surface area contributed by atoms with Crippen molar-refractivity contribution in [2.75, 3.05) is 0 Å². The zero-order valence-corrected chi connectivity index (χ0v) is 8.29. The number of hydrogen-bond acceptors (Lipinski definition) is 3. The van der Waals surface area contributed by atoms with Crippen LogP contribution in [0.4, 0.5) is 0 Å². The van der Waals surface area contributed by atoms with Crippen LogP contribution in [0.2, 0.25) is 0 Å². The summed E-state index contributed by atoms with van der Waals surface area (Å²) >= 11 is 0. The first-order valence-electron chi connectivity index (χ1n) is 4.72. The molecule has 0 fully saturated rings. The lowest BCUT2D eigenvalue weighted by atomic mass is 9.99. The van der Waals surface area contributed by atoms with Crippen LogP contribution >= 0.6 is 0 Å². The van der Waals surface area contributed by atoms with Gasteiger partial charge in [-0.25, -0.2) is 4.79 Å². The molecule has 0 radical (unpaired) electrons. The molecule has 2 aromatic carbocycles. The number of hydrogen-bond donors (Lipinski definition) is 3. The monoisotopic (exact) mass is 218 g/mol. The highest BCUT2D eigenvalue weighted by Crippen LogP contribution is 2.32. The maximum absolute atomic E-state index is 10.7. The van der Waals surface area contributed by atoms with E-state index in [1.807, 2.05) is 0 Å². The SMILES string of the molecule is O=C(O)[C@@H](O)c1c(O)ccc2ccccc12. The standard InChI is InChI=1S/C12H10O4/c13-9-6-5-7-3-1-2-4-8(7)10(9)11(14)12(15)16/h1-6,11,13-14H,(H,15,16)/t11-/m0/s1. The lowest BCUT2D eigenvalue weighted by Gasteiger charge is -2.11. The Morgan fingerprint density at radius 3 is 2.50 bits per heavy atom. The van der Waals surface area contributed by atoms with Crippen LogP contribution in [0, 0.1) is 0 Å². The first-order chi connectivity index (χ1) is 7.61. The van der Waals surface area contributed by atoms with Crippen LogP contribution in [0.25, 0.3) is 10.8 Å². The van der Waals surface area contributed by atoms with Gasteiger partial charge in [0.15, 0.2) is 6.10 Å². The van der Waals surface area contributed by atoms with Crippen LogP contribution in [-0.4, -0.2) is 21.3 Å². The van der Waals surface area contributed by atoms with Gasteiger partial charge in [0.1, 0.15) is 5.75 Å². The molecular weight excluding hydrogens is 208 g/mol. The van der Waals surface area contributed by atoms with E-state index in [0.29, 0.717) is 5.39 Å². The lowest BCUT2D eigenvalue weighted by molar-refractivity contribution is -0.146. The Kier molecular flexibility index (Phi) is 2.50. The fourth-order valence-corrected chi connectivity index (χ4v) is 1.69. The molecule has 16 heavy (non-hydrogen) atoms. The normalized spacial score (nSPS) is 12.6. The summed E-state index contributed by atoms with van der Waals surface area (Å²) < 4.78 is 0. The molecule has 0 spiro atoms. The Morgan fingerprint density at radius 1 is 1.12 bits per heavy atom. The molecule has 0 saturated heterocycles. The summed E-state index contributed by atoms with van der Waals surface area (Å²) in [7, 11) is 0. The van der Waals surface area contributed by atoms with Crippen molar-refractivity contribution in [1.29, 1.82) is 0 Å². The number of phenolic OH excluding ortho intramolecular Hbond substituents is 1. The molecule has 4 heteroatoms. The Balaban J connectivity index is 2.75. The summed E-state index contributed by atoms with van der Waals surface area (Å²) in [6.07, 6.45) is -1.72. The summed E-state index contributed by atoms with van der Waals surface area (Å²) in [5, 5.41) is 29.2. The number of fused-ring (bicyclic) bond motifs is 1. The van der Waals surface area contributed by atoms with Crippen LogP contribution in [0.1, 0.15) is 11.7 Å². The second-order valence-corrected chi connectivity index (χ2v) is 3.46. The highest BCUT2D eigenvalue weighted by molar-refractivity contribution is 5.92. The summed E-state index contributed by atoms with van der Waals surface area (Å²) in [5.41, 5.74) is 0.0330. The van der Waals surface area contributed by atoms with Crippen molar-refractivity contribution >= 4 is 16.7 Å². The molecule has 0 amide bonds. The first kappa shape index (κ1) is 10.4. The van der Waals surface area contributed by atoms with Crippen molar-refractivity contribution in [1.82, 2.24) is 0 Å². The van der Waals surface area contributed by atoms with Gasteiger partial charge in [0.05, 0.1) is 0 Å². The van der Waals surface area contributed by atoms with E-state index in [2.05, 4.69) is 0 Å². The van der Waals surface area contributed by atoms with Gasteiger partial charge in [0.25, 0.3) is 0 Å². The molecule has 4 nitrogen and oxygen atoms in total. The number of phenols is 1. The quantitative estimate of drug-likeness (QED) is 0.716. The van der Waals surface area contributed by atoms with E-state index in [1.165, 1.54) is 6.07 Å². The maximum atomic E-state index is 10.7. The number of carboxylic acid groups (broad SMARTS) is 1. The first-order valence-corrected chi connectivity index (χ1v) is 4.72. The predicted molar refractivity (Wildman–Crippen MR) is 58.2 cm³/mol. The molecule has 0 bridgehead atoms. The molecule has 2 rings (SSSR count). The van der Waals surface area contributed by atoms with Crippen molar-refractivity contribution in [2.45, 2.75) is 6.10 Å². The van der Waals surface area contributed by atoms with Gasteiger partial charge < -0.3 is 15.3 Å². The Bertz CT molecular complexity index is 548. The fraction of sp³-hybridized carbons (Fsp3) is 0.0833. The van der Waals surface area contributed by atoms with Crippen molar-refractivity contribution in [2.24, 2.45) is 0 Å². The fourth-order valence-electron chi connectivity index (χ4n) is 1.69. The molecule has 3 N–H and O–H groups in total. The van der Waals surface area contributed by atoms with Crippen LogP contribution < -0.4 is 0 Å². The van der Waals surface area contributed by atoms with Crippen molar-refractivity contribution < 1.29 is 20.1 Å². The van der Waals surface area contributed by atoms with Crippen LogP contribution in [0.3, 0.4) is 0 Å². The third-order valence-electron chi connectivity index (χ3n) is 2.46. The Morgan fingerprint density at radius 2 is 1.81 bits per heavy atom. The van der Waals surface area contributed by atoms with Gasteiger partial charge in [-0.15, -0.1) is 0 Å². The Labute approximate surface area is 91.4 Å². The van der Waals surface area contributed by atoms with Gasteiger partial charge in [-0.3, -0.25) is 0 Å². The minimum Gasteiger partial charge on any atom is -0.508 e. The van der Waals surface area contributed by atoms with E-state index in [0.717, 1.165) is 5.39 Å². The number of carbonyl (C=O) groups is 1. The molecule has 0 aliphatic carbocycles. The zero-order valence-electron chi connectivity index (χ0n) is 8.29. The topological polar surface area (TPSA) is 77.8 Å². The summed E-state index contributed by atoms with van der Waals surface area (Å²) in [6.45, 7) is 0. The van der Waals surface area contributed by atoms with Crippen molar-refractivity contribution in [3.63, 3.8) is 0 Å².